The molecule has 0 aromatic heterocycles. The lowest BCUT2D eigenvalue weighted by Crippen LogP contribution is -2.06. The van der Waals surface area contributed by atoms with Gasteiger partial charge in [-0.1, -0.05) is 50.5 Å². The third kappa shape index (κ3) is 6.64. The van der Waals surface area contributed by atoms with Crippen molar-refractivity contribution in [1.82, 2.24) is 0 Å². The van der Waals surface area contributed by atoms with E-state index in [-0.39, 0.29) is 5.75 Å². The summed E-state index contributed by atoms with van der Waals surface area (Å²) in [6.45, 7) is 6.28. The highest BCUT2D eigenvalue weighted by Gasteiger charge is 2.20. The molecular formula is C24H32F2O. The van der Waals surface area contributed by atoms with E-state index in [0.717, 1.165) is 63.4 Å². The number of hydrogen-bond acceptors (Lipinski definition) is 1. The second kappa shape index (κ2) is 11.7. The molecule has 0 heterocycles. The van der Waals surface area contributed by atoms with Crippen LogP contribution in [-0.2, 0) is 0 Å². The van der Waals surface area contributed by atoms with Gasteiger partial charge in [0.25, 0.3) is 0 Å². The Labute approximate surface area is 162 Å². The Kier molecular flexibility index (Phi) is 9.30. The molecule has 0 saturated carbocycles. The molecule has 27 heavy (non-hydrogen) atoms. The van der Waals surface area contributed by atoms with Crippen LogP contribution in [0.5, 0.6) is 5.75 Å². The molecule has 1 aliphatic rings. The second-order valence-electron chi connectivity index (χ2n) is 7.21. The molecule has 0 aliphatic heterocycles. The molecule has 1 aliphatic carbocycles. The molecule has 0 bridgehead atoms. The smallest absolute Gasteiger partial charge is 0.201 e. The SMILES string of the molecule is C=CCCC=CC1CC=C(c2ccc(OCCCCCC)c(F)c2F)CC1. The first-order chi connectivity index (χ1) is 13.2. The average Bonchev–Trinajstić information content (AvgIpc) is 2.69. The fraction of sp³-hybridized carbons (Fsp3) is 0.500. The third-order valence-electron chi connectivity index (χ3n) is 5.05. The number of benzene rings is 1. The Morgan fingerprint density at radius 2 is 2.00 bits per heavy atom. The summed E-state index contributed by atoms with van der Waals surface area (Å²) in [6, 6.07) is 3.22. The minimum atomic E-state index is -0.865. The van der Waals surface area contributed by atoms with Gasteiger partial charge in [0, 0.05) is 5.56 Å². The summed E-state index contributed by atoms with van der Waals surface area (Å²) in [5, 5.41) is 0. The summed E-state index contributed by atoms with van der Waals surface area (Å²) < 4.78 is 34.3. The van der Waals surface area contributed by atoms with Crippen LogP contribution in [0.25, 0.3) is 5.57 Å². The molecule has 0 N–H and O–H groups in total. The van der Waals surface area contributed by atoms with E-state index in [1.807, 2.05) is 6.08 Å². The van der Waals surface area contributed by atoms with Crippen LogP contribution in [0.15, 0.2) is 43.0 Å². The molecular weight excluding hydrogens is 342 g/mol. The van der Waals surface area contributed by atoms with Gasteiger partial charge in [-0.25, -0.2) is 4.39 Å². The Morgan fingerprint density at radius 3 is 2.70 bits per heavy atom. The summed E-state index contributed by atoms with van der Waals surface area (Å²) in [6.07, 6.45) is 17.2. The largest absolute Gasteiger partial charge is 0.490 e. The van der Waals surface area contributed by atoms with Crippen LogP contribution in [0.3, 0.4) is 0 Å². The van der Waals surface area contributed by atoms with E-state index < -0.39 is 11.6 Å². The predicted octanol–water partition coefficient (Wildman–Crippen LogP) is 7.63. The highest BCUT2D eigenvalue weighted by molar-refractivity contribution is 5.67. The quantitative estimate of drug-likeness (QED) is 0.286. The van der Waals surface area contributed by atoms with Crippen LogP contribution in [0, 0.1) is 17.6 Å². The Hall–Kier alpha value is -1.90. The summed E-state index contributed by atoms with van der Waals surface area (Å²) in [4.78, 5) is 0. The van der Waals surface area contributed by atoms with Crippen molar-refractivity contribution in [3.05, 3.63) is 60.2 Å². The number of ether oxygens (including phenoxy) is 1. The van der Waals surface area contributed by atoms with Crippen molar-refractivity contribution in [3.8, 4) is 5.75 Å². The normalized spacial score (nSPS) is 17.1. The molecule has 1 unspecified atom stereocenters. The maximum atomic E-state index is 14.5. The number of rotatable bonds is 11. The molecule has 1 aromatic carbocycles. The fourth-order valence-electron chi connectivity index (χ4n) is 3.38. The zero-order valence-corrected chi connectivity index (χ0v) is 16.5. The van der Waals surface area contributed by atoms with Crippen molar-refractivity contribution >= 4 is 5.57 Å². The summed E-state index contributed by atoms with van der Waals surface area (Å²) in [5.74, 6) is -1.15. The van der Waals surface area contributed by atoms with E-state index in [2.05, 4.69) is 31.7 Å². The molecule has 1 atom stereocenters. The molecule has 0 saturated heterocycles. The minimum absolute atomic E-state index is 0.0205. The van der Waals surface area contributed by atoms with Crippen LogP contribution >= 0.6 is 0 Å². The van der Waals surface area contributed by atoms with Crippen LogP contribution in [0.2, 0.25) is 0 Å². The summed E-state index contributed by atoms with van der Waals surface area (Å²) in [7, 11) is 0. The average molecular weight is 375 g/mol. The van der Waals surface area contributed by atoms with Crippen molar-refractivity contribution in [2.75, 3.05) is 6.61 Å². The fourth-order valence-corrected chi connectivity index (χ4v) is 3.38. The lowest BCUT2D eigenvalue weighted by Gasteiger charge is -2.20. The second-order valence-corrected chi connectivity index (χ2v) is 7.21. The van der Waals surface area contributed by atoms with Crippen molar-refractivity contribution in [2.24, 2.45) is 5.92 Å². The molecule has 0 amide bonds. The Balaban J connectivity index is 1.95. The van der Waals surface area contributed by atoms with Gasteiger partial charge in [0.1, 0.15) is 0 Å². The molecule has 3 heteroatoms. The van der Waals surface area contributed by atoms with Gasteiger partial charge >= 0.3 is 0 Å². The number of hydrogen-bond donors (Lipinski definition) is 0. The lowest BCUT2D eigenvalue weighted by atomic mass is 9.86. The maximum absolute atomic E-state index is 14.5. The molecule has 2 rings (SSSR count). The standard InChI is InChI=1S/C24H32F2O/c1-3-5-7-9-11-19-12-14-20(15-13-19)21-16-17-22(24(26)23(21)25)27-18-10-8-6-4-2/h3,9,11,14,16-17,19H,1,4-8,10,12-13,15,18H2,2H3. The van der Waals surface area contributed by atoms with E-state index in [9.17, 15) is 8.78 Å². The number of allylic oxidation sites excluding steroid dienone is 5. The monoisotopic (exact) mass is 374 g/mol. The van der Waals surface area contributed by atoms with Crippen molar-refractivity contribution < 1.29 is 13.5 Å². The van der Waals surface area contributed by atoms with Gasteiger partial charge in [-0.15, -0.1) is 6.58 Å². The molecule has 0 spiro atoms. The van der Waals surface area contributed by atoms with Gasteiger partial charge in [-0.2, -0.15) is 4.39 Å². The van der Waals surface area contributed by atoms with E-state index in [1.165, 1.54) is 0 Å². The zero-order valence-electron chi connectivity index (χ0n) is 16.5. The topological polar surface area (TPSA) is 9.23 Å². The molecule has 148 valence electrons. The Bertz CT molecular complexity index is 661. The molecule has 0 radical (unpaired) electrons. The van der Waals surface area contributed by atoms with Gasteiger partial charge in [-0.3, -0.25) is 0 Å². The Morgan fingerprint density at radius 1 is 1.15 bits per heavy atom. The predicted molar refractivity (Wildman–Crippen MR) is 110 cm³/mol. The van der Waals surface area contributed by atoms with Crippen LogP contribution in [0.1, 0.15) is 70.3 Å². The first kappa shape index (κ1) is 21.4. The first-order valence-corrected chi connectivity index (χ1v) is 10.2. The number of halogens is 2. The highest BCUT2D eigenvalue weighted by Crippen LogP contribution is 2.34. The van der Waals surface area contributed by atoms with Crippen molar-refractivity contribution in [3.63, 3.8) is 0 Å². The van der Waals surface area contributed by atoms with E-state index in [1.54, 1.807) is 12.1 Å². The van der Waals surface area contributed by atoms with Gasteiger partial charge in [-0.05, 0) is 62.1 Å². The summed E-state index contributed by atoms with van der Waals surface area (Å²) in [5.41, 5.74) is 1.27. The van der Waals surface area contributed by atoms with E-state index >= 15 is 0 Å². The van der Waals surface area contributed by atoms with E-state index in [0.29, 0.717) is 18.1 Å². The minimum Gasteiger partial charge on any atom is -0.490 e. The van der Waals surface area contributed by atoms with Crippen LogP contribution < -0.4 is 4.74 Å². The third-order valence-corrected chi connectivity index (χ3v) is 5.05. The number of unbranched alkanes of at least 4 members (excludes halogenated alkanes) is 4. The van der Waals surface area contributed by atoms with Gasteiger partial charge in [0.05, 0.1) is 6.61 Å². The van der Waals surface area contributed by atoms with Crippen molar-refractivity contribution in [1.29, 1.82) is 0 Å². The van der Waals surface area contributed by atoms with Gasteiger partial charge < -0.3 is 4.74 Å². The lowest BCUT2D eigenvalue weighted by molar-refractivity contribution is 0.285. The highest BCUT2D eigenvalue weighted by atomic mass is 19.2. The molecule has 1 aromatic rings. The summed E-state index contributed by atoms with van der Waals surface area (Å²) >= 11 is 0. The van der Waals surface area contributed by atoms with E-state index in [4.69, 9.17) is 4.74 Å². The van der Waals surface area contributed by atoms with Crippen LogP contribution in [-0.4, -0.2) is 6.61 Å². The van der Waals surface area contributed by atoms with Crippen molar-refractivity contribution in [2.45, 2.75) is 64.7 Å². The van der Waals surface area contributed by atoms with Gasteiger partial charge in [0.2, 0.25) is 5.82 Å². The first-order valence-electron chi connectivity index (χ1n) is 10.2. The van der Waals surface area contributed by atoms with Crippen LogP contribution in [0.4, 0.5) is 8.78 Å². The molecule has 1 nitrogen and oxygen atoms in total. The van der Waals surface area contributed by atoms with Gasteiger partial charge in [0.15, 0.2) is 11.6 Å². The zero-order chi connectivity index (χ0) is 19.5. The molecule has 0 fully saturated rings. The maximum Gasteiger partial charge on any atom is 0.201 e.